The van der Waals surface area contributed by atoms with Crippen LogP contribution in [0.3, 0.4) is 0 Å². The Bertz CT molecular complexity index is 264. The largest absolute Gasteiger partial charge is 0.214 e. The molecule has 0 aromatic rings. The molecule has 0 aliphatic carbocycles. The van der Waals surface area contributed by atoms with Crippen LogP contribution in [0.4, 0.5) is 0 Å². The van der Waals surface area contributed by atoms with E-state index in [1.807, 2.05) is 20.8 Å². The zero-order valence-corrected chi connectivity index (χ0v) is 10.2. The predicted octanol–water partition coefficient (Wildman–Crippen LogP) is 1.99. The predicted molar refractivity (Wildman–Crippen MR) is 58.7 cm³/mol. The number of rotatable bonds is 3. The van der Waals surface area contributed by atoms with E-state index in [0.717, 1.165) is 19.3 Å². The summed E-state index contributed by atoms with van der Waals surface area (Å²) in [5, 5.41) is 0. The van der Waals surface area contributed by atoms with Crippen molar-refractivity contribution in [2.24, 2.45) is 0 Å². The van der Waals surface area contributed by atoms with E-state index in [0.29, 0.717) is 12.2 Å². The highest BCUT2D eigenvalue weighted by atomic mass is 32.2. The maximum Gasteiger partial charge on any atom is 0.214 e. The summed E-state index contributed by atoms with van der Waals surface area (Å²) in [6, 6.07) is 0.380. The van der Waals surface area contributed by atoms with Crippen LogP contribution in [0, 0.1) is 0 Å². The number of hydrogen-bond donors (Lipinski definition) is 0. The van der Waals surface area contributed by atoms with E-state index in [1.54, 1.807) is 4.31 Å². The van der Waals surface area contributed by atoms with Gasteiger partial charge in [0.15, 0.2) is 0 Å². The van der Waals surface area contributed by atoms with E-state index in [-0.39, 0.29) is 12.1 Å². The molecule has 2 atom stereocenters. The van der Waals surface area contributed by atoms with Gasteiger partial charge in [-0.15, -0.1) is 0 Å². The number of hydrogen-bond acceptors (Lipinski definition) is 2. The van der Waals surface area contributed by atoms with Crippen molar-refractivity contribution in [1.29, 1.82) is 0 Å². The van der Waals surface area contributed by atoms with Gasteiger partial charge in [0.25, 0.3) is 0 Å². The fourth-order valence-corrected chi connectivity index (χ4v) is 4.34. The Morgan fingerprint density at radius 3 is 2.14 bits per heavy atom. The molecule has 0 radical (unpaired) electrons. The zero-order chi connectivity index (χ0) is 10.8. The Hall–Kier alpha value is -0.0900. The molecule has 0 bridgehead atoms. The van der Waals surface area contributed by atoms with Crippen LogP contribution in [0.5, 0.6) is 0 Å². The second-order valence-corrected chi connectivity index (χ2v) is 6.27. The van der Waals surface area contributed by atoms with Gasteiger partial charge in [-0.1, -0.05) is 13.3 Å². The molecule has 3 nitrogen and oxygen atoms in total. The van der Waals surface area contributed by atoms with Crippen LogP contribution in [-0.2, 0) is 10.0 Å². The molecule has 0 saturated carbocycles. The summed E-state index contributed by atoms with van der Waals surface area (Å²) in [6.07, 6.45) is 3.87. The van der Waals surface area contributed by atoms with Crippen LogP contribution < -0.4 is 0 Å². The maximum absolute atomic E-state index is 11.9. The summed E-state index contributed by atoms with van der Waals surface area (Å²) in [4.78, 5) is 0. The Morgan fingerprint density at radius 1 is 1.21 bits per heavy atom. The van der Waals surface area contributed by atoms with Crippen LogP contribution >= 0.6 is 0 Å². The van der Waals surface area contributed by atoms with Gasteiger partial charge < -0.3 is 0 Å². The highest BCUT2D eigenvalue weighted by Gasteiger charge is 2.33. The van der Waals surface area contributed by atoms with Crippen molar-refractivity contribution in [3.05, 3.63) is 0 Å². The van der Waals surface area contributed by atoms with E-state index in [4.69, 9.17) is 0 Å². The van der Waals surface area contributed by atoms with Gasteiger partial charge in [-0.05, 0) is 33.1 Å². The van der Waals surface area contributed by atoms with E-state index in [2.05, 4.69) is 0 Å². The van der Waals surface area contributed by atoms with Crippen molar-refractivity contribution in [1.82, 2.24) is 4.31 Å². The van der Waals surface area contributed by atoms with E-state index >= 15 is 0 Å². The third-order valence-corrected chi connectivity index (χ3v) is 5.18. The van der Waals surface area contributed by atoms with Gasteiger partial charge in [0.2, 0.25) is 10.0 Å². The quantitative estimate of drug-likeness (QED) is 0.728. The fraction of sp³-hybridized carbons (Fsp3) is 1.00. The molecule has 1 fully saturated rings. The molecule has 1 heterocycles. The normalized spacial score (nSPS) is 30.5. The number of piperidine rings is 1. The minimum Gasteiger partial charge on any atom is -0.212 e. The topological polar surface area (TPSA) is 37.4 Å². The molecule has 1 aliphatic rings. The van der Waals surface area contributed by atoms with Crippen LogP contribution in [0.1, 0.15) is 46.5 Å². The van der Waals surface area contributed by atoms with Crippen molar-refractivity contribution < 1.29 is 8.42 Å². The highest BCUT2D eigenvalue weighted by molar-refractivity contribution is 7.89. The van der Waals surface area contributed by atoms with Gasteiger partial charge in [-0.2, -0.15) is 4.31 Å². The minimum atomic E-state index is -3.00. The third-order valence-electron chi connectivity index (χ3n) is 2.90. The molecular weight excluding hydrogens is 198 g/mol. The summed E-state index contributed by atoms with van der Waals surface area (Å²) in [5.41, 5.74) is 0. The molecule has 0 amide bonds. The van der Waals surface area contributed by atoms with Crippen molar-refractivity contribution in [3.8, 4) is 0 Å². The summed E-state index contributed by atoms with van der Waals surface area (Å²) in [5.74, 6) is 0.293. The first-order valence-electron chi connectivity index (χ1n) is 5.50. The number of sulfonamides is 1. The smallest absolute Gasteiger partial charge is 0.212 e. The lowest BCUT2D eigenvalue weighted by atomic mass is 10.0. The molecule has 4 heteroatoms. The third kappa shape index (κ3) is 2.48. The number of nitrogens with zero attached hydrogens (tertiary/aromatic N) is 1. The van der Waals surface area contributed by atoms with Gasteiger partial charge in [0.05, 0.1) is 5.75 Å². The molecule has 1 saturated heterocycles. The Labute approximate surface area is 87.5 Å². The summed E-state index contributed by atoms with van der Waals surface area (Å²) in [6.45, 7) is 5.95. The van der Waals surface area contributed by atoms with Crippen molar-refractivity contribution in [2.45, 2.75) is 58.5 Å². The van der Waals surface area contributed by atoms with Gasteiger partial charge >= 0.3 is 0 Å². The van der Waals surface area contributed by atoms with E-state index in [9.17, 15) is 8.42 Å². The monoisotopic (exact) mass is 219 g/mol. The first-order valence-corrected chi connectivity index (χ1v) is 7.11. The lowest BCUT2D eigenvalue weighted by Crippen LogP contribution is -2.48. The minimum absolute atomic E-state index is 0.190. The average molecular weight is 219 g/mol. The second-order valence-electron chi connectivity index (χ2n) is 4.27. The van der Waals surface area contributed by atoms with Gasteiger partial charge in [-0.3, -0.25) is 0 Å². The van der Waals surface area contributed by atoms with Crippen LogP contribution in [-0.4, -0.2) is 30.6 Å². The Morgan fingerprint density at radius 2 is 1.71 bits per heavy atom. The lowest BCUT2D eigenvalue weighted by molar-refractivity contribution is 0.204. The van der Waals surface area contributed by atoms with Crippen molar-refractivity contribution in [2.75, 3.05) is 5.75 Å². The van der Waals surface area contributed by atoms with Gasteiger partial charge in [0.1, 0.15) is 0 Å². The summed E-state index contributed by atoms with van der Waals surface area (Å²) < 4.78 is 25.6. The van der Waals surface area contributed by atoms with Crippen molar-refractivity contribution >= 4 is 10.0 Å². The summed E-state index contributed by atoms with van der Waals surface area (Å²) in [7, 11) is -3.00. The van der Waals surface area contributed by atoms with Crippen molar-refractivity contribution in [3.63, 3.8) is 0 Å². The first-order chi connectivity index (χ1) is 6.49. The highest BCUT2D eigenvalue weighted by Crippen LogP contribution is 2.25. The summed E-state index contributed by atoms with van der Waals surface area (Å²) >= 11 is 0. The fourth-order valence-electron chi connectivity index (χ4n) is 2.31. The molecule has 0 aromatic heterocycles. The molecule has 14 heavy (non-hydrogen) atoms. The molecule has 84 valence electrons. The molecule has 2 unspecified atom stereocenters. The Kier molecular flexibility index (Phi) is 3.95. The molecule has 0 aromatic carbocycles. The second kappa shape index (κ2) is 4.62. The maximum atomic E-state index is 11.9. The lowest BCUT2D eigenvalue weighted by Gasteiger charge is -2.37. The van der Waals surface area contributed by atoms with Gasteiger partial charge in [-0.25, -0.2) is 8.42 Å². The van der Waals surface area contributed by atoms with Crippen LogP contribution in [0.2, 0.25) is 0 Å². The standard InChI is InChI=1S/C10H21NO2S/c1-4-8-14(12,13)11-9(2)6-5-7-10(11)3/h9-10H,4-8H2,1-3H3. The van der Waals surface area contributed by atoms with E-state index < -0.39 is 10.0 Å². The SMILES string of the molecule is CCCS(=O)(=O)N1C(C)CCCC1C. The van der Waals surface area contributed by atoms with E-state index in [1.165, 1.54) is 0 Å². The van der Waals surface area contributed by atoms with Crippen LogP contribution in [0.15, 0.2) is 0 Å². The van der Waals surface area contributed by atoms with Crippen LogP contribution in [0.25, 0.3) is 0 Å². The molecule has 0 N–H and O–H groups in total. The molecular formula is C10H21NO2S. The molecule has 1 aliphatic heterocycles. The zero-order valence-electron chi connectivity index (χ0n) is 9.36. The molecule has 1 rings (SSSR count). The molecule has 0 spiro atoms. The average Bonchev–Trinajstić information content (AvgIpc) is 2.02. The first kappa shape index (κ1) is 12.0. The van der Waals surface area contributed by atoms with Gasteiger partial charge in [0, 0.05) is 12.1 Å². The Balaban J connectivity index is 2.82.